The summed E-state index contributed by atoms with van der Waals surface area (Å²) in [5, 5.41) is 3.02. The molecule has 1 aliphatic carbocycles. The van der Waals surface area contributed by atoms with Crippen LogP contribution in [0.3, 0.4) is 0 Å². The van der Waals surface area contributed by atoms with Crippen molar-refractivity contribution in [2.75, 3.05) is 0 Å². The molecule has 0 aromatic rings. The topological polar surface area (TPSA) is 29.1 Å². The summed E-state index contributed by atoms with van der Waals surface area (Å²) in [7, 11) is 0. The molecule has 0 saturated carbocycles. The van der Waals surface area contributed by atoms with E-state index in [1.54, 1.807) is 6.08 Å². The van der Waals surface area contributed by atoms with Crippen LogP contribution in [0.25, 0.3) is 0 Å². The summed E-state index contributed by atoms with van der Waals surface area (Å²) in [5.74, 6) is 0.159. The van der Waals surface area contributed by atoms with Crippen LogP contribution in [0.1, 0.15) is 6.42 Å². The Hall–Kier alpha value is -0.791. The van der Waals surface area contributed by atoms with Gasteiger partial charge < -0.3 is 5.32 Å². The van der Waals surface area contributed by atoms with Crippen LogP contribution in [-0.2, 0) is 21.9 Å². The molecule has 1 unspecified atom stereocenters. The van der Waals surface area contributed by atoms with Crippen molar-refractivity contribution < 1.29 is 21.9 Å². The van der Waals surface area contributed by atoms with Crippen LogP contribution in [-0.4, -0.2) is 11.8 Å². The van der Waals surface area contributed by atoms with Gasteiger partial charge in [-0.1, -0.05) is 12.2 Å². The molecule has 0 fully saturated rings. The first kappa shape index (κ1) is 9.30. The SMILES string of the molecule is O=C1C=CCC2=CC=CNC12.[Mn]. The number of rotatable bonds is 0. The van der Waals surface area contributed by atoms with E-state index >= 15 is 0 Å². The molecule has 2 aliphatic rings. The molecule has 1 atom stereocenters. The first-order valence-electron chi connectivity index (χ1n) is 3.70. The van der Waals surface area contributed by atoms with Gasteiger partial charge in [0, 0.05) is 17.1 Å². The molecule has 0 saturated heterocycles. The second kappa shape index (κ2) is 3.74. The molecule has 0 spiro atoms. The third-order valence-electron chi connectivity index (χ3n) is 1.96. The number of dihydropyridines is 1. The van der Waals surface area contributed by atoms with E-state index in [1.807, 2.05) is 24.4 Å². The Labute approximate surface area is 81.9 Å². The second-order valence-corrected chi connectivity index (χ2v) is 2.71. The van der Waals surface area contributed by atoms with Crippen molar-refractivity contribution in [3.63, 3.8) is 0 Å². The largest absolute Gasteiger partial charge is 0.378 e. The molecule has 0 aromatic heterocycles. The standard InChI is InChI=1S/C9H9NO.Mn/c11-8-5-1-3-7-4-2-6-10-9(7)8;/h1-2,4-6,9-10H,3H2;. The number of hydrogen-bond acceptors (Lipinski definition) is 2. The molecule has 1 heterocycles. The summed E-state index contributed by atoms with van der Waals surface area (Å²) in [6.45, 7) is 0. The fraction of sp³-hybridized carbons (Fsp3) is 0.222. The molecule has 0 aromatic carbocycles. The van der Waals surface area contributed by atoms with Crippen LogP contribution in [0, 0.1) is 0 Å². The maximum Gasteiger partial charge on any atom is 0.181 e. The number of hydrogen-bond donors (Lipinski definition) is 1. The van der Waals surface area contributed by atoms with Gasteiger partial charge in [0.05, 0.1) is 0 Å². The van der Waals surface area contributed by atoms with E-state index in [0.717, 1.165) is 6.42 Å². The van der Waals surface area contributed by atoms with Crippen molar-refractivity contribution in [2.24, 2.45) is 0 Å². The zero-order valence-electron chi connectivity index (χ0n) is 6.46. The third-order valence-corrected chi connectivity index (χ3v) is 1.96. The van der Waals surface area contributed by atoms with Gasteiger partial charge in [0.2, 0.25) is 0 Å². The van der Waals surface area contributed by atoms with Gasteiger partial charge in [-0.15, -0.1) is 0 Å². The summed E-state index contributed by atoms with van der Waals surface area (Å²) >= 11 is 0. The molecule has 63 valence electrons. The van der Waals surface area contributed by atoms with E-state index in [2.05, 4.69) is 5.32 Å². The van der Waals surface area contributed by atoms with Crippen molar-refractivity contribution in [3.05, 3.63) is 36.1 Å². The van der Waals surface area contributed by atoms with Gasteiger partial charge in [0.15, 0.2) is 5.78 Å². The van der Waals surface area contributed by atoms with Crippen LogP contribution in [0.15, 0.2) is 36.1 Å². The fourth-order valence-electron chi connectivity index (χ4n) is 1.38. The number of carbonyl (C=O) groups excluding carboxylic acids is 1. The van der Waals surface area contributed by atoms with Crippen molar-refractivity contribution in [3.8, 4) is 0 Å². The molecular formula is C9H9MnNO. The van der Waals surface area contributed by atoms with Gasteiger partial charge in [0.25, 0.3) is 0 Å². The third kappa shape index (κ3) is 1.52. The maximum atomic E-state index is 11.2. The van der Waals surface area contributed by atoms with Crippen LogP contribution in [0.4, 0.5) is 0 Å². The minimum absolute atomic E-state index is 0. The summed E-state index contributed by atoms with van der Waals surface area (Å²) in [4.78, 5) is 11.2. The summed E-state index contributed by atoms with van der Waals surface area (Å²) in [5.41, 5.74) is 1.17. The number of carbonyl (C=O) groups is 1. The minimum Gasteiger partial charge on any atom is -0.378 e. The Morgan fingerprint density at radius 1 is 1.50 bits per heavy atom. The number of nitrogens with one attached hydrogen (secondary N) is 1. The van der Waals surface area contributed by atoms with Crippen molar-refractivity contribution in [1.82, 2.24) is 5.32 Å². The van der Waals surface area contributed by atoms with Crippen molar-refractivity contribution in [2.45, 2.75) is 12.5 Å². The molecular weight excluding hydrogens is 193 g/mol. The minimum atomic E-state index is -0.0787. The first-order valence-corrected chi connectivity index (χ1v) is 3.70. The Morgan fingerprint density at radius 2 is 2.33 bits per heavy atom. The van der Waals surface area contributed by atoms with Gasteiger partial charge in [-0.2, -0.15) is 0 Å². The predicted octanol–water partition coefficient (Wildman–Crippen LogP) is 0.925. The van der Waals surface area contributed by atoms with Crippen LogP contribution < -0.4 is 5.32 Å². The second-order valence-electron chi connectivity index (χ2n) is 2.71. The zero-order chi connectivity index (χ0) is 7.68. The van der Waals surface area contributed by atoms with E-state index in [-0.39, 0.29) is 28.9 Å². The van der Waals surface area contributed by atoms with Gasteiger partial charge in [-0.05, 0) is 30.3 Å². The van der Waals surface area contributed by atoms with Gasteiger partial charge in [-0.25, -0.2) is 0 Å². The van der Waals surface area contributed by atoms with Crippen molar-refractivity contribution in [1.29, 1.82) is 0 Å². The molecule has 3 heteroatoms. The summed E-state index contributed by atoms with van der Waals surface area (Å²) < 4.78 is 0. The fourth-order valence-corrected chi connectivity index (χ4v) is 1.38. The number of allylic oxidation sites excluding steroid dienone is 3. The molecule has 1 radical (unpaired) electrons. The van der Waals surface area contributed by atoms with E-state index in [0.29, 0.717) is 0 Å². The maximum absolute atomic E-state index is 11.2. The Balaban J connectivity index is 0.000000720. The zero-order valence-corrected chi connectivity index (χ0v) is 7.64. The molecule has 1 N–H and O–H groups in total. The van der Waals surface area contributed by atoms with E-state index in [9.17, 15) is 4.79 Å². The summed E-state index contributed by atoms with van der Waals surface area (Å²) in [6, 6.07) is -0.0787. The van der Waals surface area contributed by atoms with Gasteiger partial charge >= 0.3 is 0 Å². The predicted molar refractivity (Wildman–Crippen MR) is 42.9 cm³/mol. The molecule has 2 rings (SSSR count). The van der Waals surface area contributed by atoms with E-state index in [4.69, 9.17) is 0 Å². The van der Waals surface area contributed by atoms with Crippen molar-refractivity contribution >= 4 is 5.78 Å². The van der Waals surface area contributed by atoms with Crippen LogP contribution in [0.2, 0.25) is 0 Å². The van der Waals surface area contributed by atoms with Gasteiger partial charge in [0.1, 0.15) is 6.04 Å². The Kier molecular flexibility index (Phi) is 2.90. The Morgan fingerprint density at radius 3 is 3.08 bits per heavy atom. The number of ketones is 1. The summed E-state index contributed by atoms with van der Waals surface area (Å²) in [6.07, 6.45) is 10.2. The van der Waals surface area contributed by atoms with Crippen LogP contribution in [0.5, 0.6) is 0 Å². The average Bonchev–Trinajstić information content (AvgIpc) is 2.06. The number of fused-ring (bicyclic) bond motifs is 1. The molecule has 12 heavy (non-hydrogen) atoms. The Bertz CT molecular complexity index is 278. The smallest absolute Gasteiger partial charge is 0.181 e. The quantitative estimate of drug-likeness (QED) is 0.592. The normalized spacial score (nSPS) is 25.2. The van der Waals surface area contributed by atoms with E-state index in [1.165, 1.54) is 5.57 Å². The average molecular weight is 202 g/mol. The van der Waals surface area contributed by atoms with Crippen LogP contribution >= 0.6 is 0 Å². The monoisotopic (exact) mass is 202 g/mol. The molecule has 2 nitrogen and oxygen atoms in total. The first-order chi connectivity index (χ1) is 5.38. The van der Waals surface area contributed by atoms with Gasteiger partial charge in [-0.3, -0.25) is 4.79 Å². The molecule has 1 aliphatic heterocycles. The molecule has 0 amide bonds. The van der Waals surface area contributed by atoms with E-state index < -0.39 is 0 Å². The molecule has 0 bridgehead atoms.